The summed E-state index contributed by atoms with van der Waals surface area (Å²) in [6.07, 6.45) is 1.76. The Balaban J connectivity index is 1.23. The Morgan fingerprint density at radius 3 is 2.67 bits per heavy atom. The summed E-state index contributed by atoms with van der Waals surface area (Å²) in [7, 11) is 0. The lowest BCUT2D eigenvalue weighted by molar-refractivity contribution is -0.142. The molecule has 6 rings (SSSR count). The monoisotopic (exact) mass is 532 g/mol. The van der Waals surface area contributed by atoms with E-state index >= 15 is 0 Å². The lowest BCUT2D eigenvalue weighted by Gasteiger charge is -2.33. The highest BCUT2D eigenvalue weighted by Gasteiger charge is 2.74. The van der Waals surface area contributed by atoms with E-state index in [0.29, 0.717) is 44.3 Å². The van der Waals surface area contributed by atoms with Gasteiger partial charge in [-0.3, -0.25) is 14.4 Å². The van der Waals surface area contributed by atoms with Crippen LogP contribution >= 0.6 is 0 Å². The zero-order valence-corrected chi connectivity index (χ0v) is 21.5. The number of aliphatic hydroxyl groups excluding tert-OH is 1. The summed E-state index contributed by atoms with van der Waals surface area (Å²) in [6, 6.07) is 16.2. The predicted molar refractivity (Wildman–Crippen MR) is 140 cm³/mol. The molecule has 3 fully saturated rings. The van der Waals surface area contributed by atoms with E-state index in [1.807, 2.05) is 54.6 Å². The molecule has 2 aromatic carbocycles. The fourth-order valence-electron chi connectivity index (χ4n) is 6.57. The van der Waals surface area contributed by atoms with Crippen molar-refractivity contribution in [1.82, 2.24) is 30.5 Å². The smallest absolute Gasteiger partial charge is 0.247 e. The summed E-state index contributed by atoms with van der Waals surface area (Å²) in [5, 5.41) is 23.5. The van der Waals surface area contributed by atoms with Crippen LogP contribution in [-0.2, 0) is 32.3 Å². The molecular weight excluding hydrogens is 500 g/mol. The third-order valence-corrected chi connectivity index (χ3v) is 8.29. The summed E-state index contributed by atoms with van der Waals surface area (Å²) in [5.74, 6) is -2.20. The van der Waals surface area contributed by atoms with E-state index < -0.39 is 29.6 Å². The summed E-state index contributed by atoms with van der Waals surface area (Å²) in [4.78, 5) is 42.6. The highest BCUT2D eigenvalue weighted by atomic mass is 16.5. The third kappa shape index (κ3) is 4.35. The van der Waals surface area contributed by atoms with Crippen LogP contribution in [-0.4, -0.2) is 73.6 Å². The second kappa shape index (κ2) is 10.4. The number of hydrogen-bond donors (Lipinski definition) is 3. The minimum Gasteiger partial charge on any atom is -0.396 e. The molecule has 0 saturated carbocycles. The number of para-hydroxylation sites is 1. The number of nitrogens with zero attached hydrogens (tertiary/aromatic N) is 4. The average molecular weight is 533 g/mol. The standard InChI is InChI=1S/C28H32N6O5/c35-15-7-6-14-33-24(26(37)30-17-34-20-11-5-4-10-19(20)31-32-34)28-13-12-21(39-28)22(23(28)27(33)38)25(36)29-16-18-8-2-1-3-9-18/h1-5,8-11,21-24,35H,6-7,12-17H2,(H,29,36)(H,30,37)/t21-,22+,23-,24?,28?/m0/s1. The van der Waals surface area contributed by atoms with Crippen molar-refractivity contribution >= 4 is 28.8 Å². The zero-order valence-electron chi connectivity index (χ0n) is 21.5. The van der Waals surface area contributed by atoms with Gasteiger partial charge in [-0.1, -0.05) is 47.7 Å². The van der Waals surface area contributed by atoms with Crippen molar-refractivity contribution < 1.29 is 24.2 Å². The number of amides is 3. The maximum atomic E-state index is 13.9. The van der Waals surface area contributed by atoms with E-state index in [1.54, 1.807) is 9.58 Å². The second-order valence-electron chi connectivity index (χ2n) is 10.5. The van der Waals surface area contributed by atoms with Gasteiger partial charge in [0, 0.05) is 19.7 Å². The molecule has 11 heteroatoms. The summed E-state index contributed by atoms with van der Waals surface area (Å²) >= 11 is 0. The van der Waals surface area contributed by atoms with Crippen LogP contribution in [0.3, 0.4) is 0 Å². The van der Waals surface area contributed by atoms with Crippen molar-refractivity contribution in [3.05, 3.63) is 60.2 Å². The van der Waals surface area contributed by atoms with E-state index in [2.05, 4.69) is 20.9 Å². The molecule has 3 aliphatic heterocycles. The summed E-state index contributed by atoms with van der Waals surface area (Å²) in [6.45, 7) is 0.733. The maximum absolute atomic E-state index is 13.9. The fraction of sp³-hybridized carbons (Fsp3) is 0.464. The van der Waals surface area contributed by atoms with Crippen LogP contribution in [0.2, 0.25) is 0 Å². The van der Waals surface area contributed by atoms with E-state index in [9.17, 15) is 19.5 Å². The molecule has 3 N–H and O–H groups in total. The molecule has 0 aliphatic carbocycles. The number of likely N-dealkylation sites (tertiary alicyclic amines) is 1. The molecule has 5 atom stereocenters. The zero-order chi connectivity index (χ0) is 27.0. The number of unbranched alkanes of at least 4 members (excludes halogenated alkanes) is 1. The number of carbonyl (C=O) groups is 3. The quantitative estimate of drug-likeness (QED) is 0.331. The first-order valence-corrected chi connectivity index (χ1v) is 13.5. The molecule has 39 heavy (non-hydrogen) atoms. The Kier molecular flexibility index (Phi) is 6.78. The van der Waals surface area contributed by atoms with Crippen LogP contribution in [0.5, 0.6) is 0 Å². The maximum Gasteiger partial charge on any atom is 0.247 e. The van der Waals surface area contributed by atoms with Crippen molar-refractivity contribution in [2.24, 2.45) is 11.8 Å². The number of ether oxygens (including phenoxy) is 1. The Bertz CT molecular complexity index is 1380. The number of carbonyl (C=O) groups excluding carboxylic acids is 3. The van der Waals surface area contributed by atoms with Gasteiger partial charge in [0.2, 0.25) is 17.7 Å². The van der Waals surface area contributed by atoms with Gasteiger partial charge in [-0.2, -0.15) is 0 Å². The van der Waals surface area contributed by atoms with Gasteiger partial charge in [0.25, 0.3) is 0 Å². The van der Waals surface area contributed by atoms with Gasteiger partial charge in [-0.15, -0.1) is 5.10 Å². The number of aliphatic hydroxyl groups is 1. The molecule has 1 aromatic heterocycles. The number of nitrogens with one attached hydrogen (secondary N) is 2. The molecule has 3 aromatic rings. The second-order valence-corrected chi connectivity index (χ2v) is 10.5. The van der Waals surface area contributed by atoms with Crippen molar-refractivity contribution in [2.45, 2.75) is 56.6 Å². The van der Waals surface area contributed by atoms with Crippen LogP contribution in [0.4, 0.5) is 0 Å². The number of aromatic nitrogens is 3. The molecule has 2 unspecified atom stereocenters. The molecule has 204 valence electrons. The lowest BCUT2D eigenvalue weighted by Crippen LogP contribution is -2.55. The van der Waals surface area contributed by atoms with Crippen molar-refractivity contribution in [3.8, 4) is 0 Å². The van der Waals surface area contributed by atoms with E-state index in [-0.39, 0.29) is 31.0 Å². The average Bonchev–Trinajstić information content (AvgIpc) is 3.71. The lowest BCUT2D eigenvalue weighted by atomic mass is 9.70. The topological polar surface area (TPSA) is 139 Å². The van der Waals surface area contributed by atoms with Crippen molar-refractivity contribution in [1.29, 1.82) is 0 Å². The number of benzene rings is 2. The minimum atomic E-state index is -1.07. The molecule has 3 aliphatic rings. The molecule has 11 nitrogen and oxygen atoms in total. The Hall–Kier alpha value is -3.83. The molecule has 4 heterocycles. The largest absolute Gasteiger partial charge is 0.396 e. The first-order chi connectivity index (χ1) is 19.0. The molecule has 1 spiro atoms. The van der Waals surface area contributed by atoms with Crippen LogP contribution in [0, 0.1) is 11.8 Å². The number of rotatable bonds is 10. The van der Waals surface area contributed by atoms with Gasteiger partial charge in [-0.25, -0.2) is 4.68 Å². The van der Waals surface area contributed by atoms with E-state index in [4.69, 9.17) is 4.74 Å². The Morgan fingerprint density at radius 1 is 1.05 bits per heavy atom. The molecule has 3 saturated heterocycles. The van der Waals surface area contributed by atoms with E-state index in [1.165, 1.54) is 0 Å². The summed E-state index contributed by atoms with van der Waals surface area (Å²) in [5.41, 5.74) is 1.40. The van der Waals surface area contributed by atoms with Crippen LogP contribution < -0.4 is 10.6 Å². The molecule has 2 bridgehead atoms. The summed E-state index contributed by atoms with van der Waals surface area (Å²) < 4.78 is 8.05. The van der Waals surface area contributed by atoms with Gasteiger partial charge in [-0.05, 0) is 43.4 Å². The van der Waals surface area contributed by atoms with Crippen LogP contribution in [0.25, 0.3) is 11.0 Å². The van der Waals surface area contributed by atoms with Gasteiger partial charge >= 0.3 is 0 Å². The molecule has 3 amide bonds. The van der Waals surface area contributed by atoms with Crippen molar-refractivity contribution in [2.75, 3.05) is 13.2 Å². The van der Waals surface area contributed by atoms with Crippen LogP contribution in [0.15, 0.2) is 54.6 Å². The van der Waals surface area contributed by atoms with Gasteiger partial charge in [0.15, 0.2) is 0 Å². The first kappa shape index (κ1) is 25.4. The SMILES string of the molecule is O=C(NCn1nnc2ccccc21)C1N(CCCCO)C(=O)[C@@H]2[C@H](C(=O)NCc3ccccc3)[C@@H]3CCC12O3. The van der Waals surface area contributed by atoms with Crippen LogP contribution in [0.1, 0.15) is 31.2 Å². The number of fused-ring (bicyclic) bond motifs is 2. The normalized spacial score (nSPS) is 27.2. The fourth-order valence-corrected chi connectivity index (χ4v) is 6.57. The molecule has 0 radical (unpaired) electrons. The Morgan fingerprint density at radius 2 is 1.85 bits per heavy atom. The van der Waals surface area contributed by atoms with Crippen molar-refractivity contribution in [3.63, 3.8) is 0 Å². The van der Waals surface area contributed by atoms with E-state index in [0.717, 1.165) is 11.1 Å². The predicted octanol–water partition coefficient (Wildman–Crippen LogP) is 0.968. The first-order valence-electron chi connectivity index (χ1n) is 13.5. The highest BCUT2D eigenvalue weighted by molar-refractivity contribution is 5.98. The van der Waals surface area contributed by atoms with Gasteiger partial charge < -0.3 is 25.4 Å². The van der Waals surface area contributed by atoms with Gasteiger partial charge in [0.1, 0.15) is 23.8 Å². The molecular formula is C28H32N6O5. The minimum absolute atomic E-state index is 0.00404. The Labute approximate surface area is 225 Å². The highest BCUT2D eigenvalue weighted by Crippen LogP contribution is 2.58. The number of hydrogen-bond acceptors (Lipinski definition) is 7. The third-order valence-electron chi connectivity index (χ3n) is 8.29. The van der Waals surface area contributed by atoms with Gasteiger partial charge in [0.05, 0.1) is 23.5 Å².